The van der Waals surface area contributed by atoms with Crippen LogP contribution in [0.2, 0.25) is 0 Å². The minimum Gasteiger partial charge on any atom is -0.387 e. The van der Waals surface area contributed by atoms with Crippen molar-refractivity contribution in [2.75, 3.05) is 40.6 Å². The highest BCUT2D eigenvalue weighted by Crippen LogP contribution is 2.37. The summed E-state index contributed by atoms with van der Waals surface area (Å²) in [5, 5.41) is 40.9. The number of fused-ring (bicyclic) bond motifs is 2. The van der Waals surface area contributed by atoms with Crippen molar-refractivity contribution in [3.8, 4) is 0 Å². The van der Waals surface area contributed by atoms with Gasteiger partial charge >= 0.3 is 0 Å². The summed E-state index contributed by atoms with van der Waals surface area (Å²) < 4.78 is 32.9. The molecule has 25 heavy (non-hydrogen) atoms. The third kappa shape index (κ3) is 3.21. The number of hydrogen-bond donors (Lipinski definition) is 4. The third-order valence-corrected chi connectivity index (χ3v) is 5.12. The highest BCUT2D eigenvalue weighted by atomic mass is 16.7. The molecule has 10 nitrogen and oxygen atoms in total. The highest BCUT2D eigenvalue weighted by molar-refractivity contribution is 5.02. The first-order chi connectivity index (χ1) is 11.9. The Bertz CT molecular complexity index is 464. The molecule has 3 heterocycles. The van der Waals surface area contributed by atoms with Crippen molar-refractivity contribution in [1.82, 2.24) is 0 Å². The molecular weight excluding hydrogens is 340 g/mol. The van der Waals surface area contributed by atoms with Gasteiger partial charge in [-0.3, -0.25) is 0 Å². The van der Waals surface area contributed by atoms with E-state index in [1.165, 1.54) is 14.2 Å². The smallest absolute Gasteiger partial charge is 0.221 e. The molecule has 146 valence electrons. The zero-order valence-electron chi connectivity index (χ0n) is 14.2. The Hall–Kier alpha value is -0.400. The van der Waals surface area contributed by atoms with Crippen molar-refractivity contribution >= 4 is 0 Å². The van der Waals surface area contributed by atoms with Gasteiger partial charge in [0.2, 0.25) is 5.79 Å². The molecule has 3 fully saturated rings. The van der Waals surface area contributed by atoms with E-state index in [4.69, 9.17) is 28.4 Å². The zero-order chi connectivity index (χ0) is 18.2. The van der Waals surface area contributed by atoms with E-state index in [-0.39, 0.29) is 26.4 Å². The molecule has 0 saturated carbocycles. The Morgan fingerprint density at radius 3 is 2.24 bits per heavy atom. The second-order valence-corrected chi connectivity index (χ2v) is 6.66. The van der Waals surface area contributed by atoms with E-state index in [1.807, 2.05) is 0 Å². The van der Waals surface area contributed by atoms with Crippen LogP contribution >= 0.6 is 0 Å². The van der Waals surface area contributed by atoms with Crippen LogP contribution in [-0.2, 0) is 28.4 Å². The zero-order valence-corrected chi connectivity index (χ0v) is 14.2. The quantitative estimate of drug-likeness (QED) is 0.410. The molecule has 0 aromatic rings. The van der Waals surface area contributed by atoms with Crippen LogP contribution in [0.4, 0.5) is 0 Å². The van der Waals surface area contributed by atoms with Gasteiger partial charge in [-0.15, -0.1) is 0 Å². The first-order valence-electron chi connectivity index (χ1n) is 8.20. The second kappa shape index (κ2) is 7.31. The molecule has 4 N–H and O–H groups in total. The molecule has 0 aromatic heterocycles. The van der Waals surface area contributed by atoms with Crippen LogP contribution in [0.1, 0.15) is 6.42 Å². The Kier molecular flexibility index (Phi) is 5.66. The van der Waals surface area contributed by atoms with Gasteiger partial charge in [0.1, 0.15) is 36.6 Å². The monoisotopic (exact) mass is 366 g/mol. The van der Waals surface area contributed by atoms with Crippen LogP contribution < -0.4 is 0 Å². The van der Waals surface area contributed by atoms with E-state index in [9.17, 15) is 20.4 Å². The van der Waals surface area contributed by atoms with E-state index < -0.39 is 48.2 Å². The summed E-state index contributed by atoms with van der Waals surface area (Å²) in [6.45, 7) is -0.229. The fraction of sp³-hybridized carbons (Fsp3) is 1.00. The van der Waals surface area contributed by atoms with Crippen molar-refractivity contribution in [3.05, 3.63) is 0 Å². The maximum absolute atomic E-state index is 10.4. The molecule has 10 heteroatoms. The van der Waals surface area contributed by atoms with Crippen molar-refractivity contribution in [2.24, 2.45) is 0 Å². The minimum atomic E-state index is -1.53. The van der Waals surface area contributed by atoms with Crippen molar-refractivity contribution in [3.63, 3.8) is 0 Å². The number of aliphatic hydroxyl groups is 4. The molecule has 8 atom stereocenters. The first kappa shape index (κ1) is 19.4. The average Bonchev–Trinajstić information content (AvgIpc) is 2.98. The molecule has 3 aliphatic rings. The SMILES string of the molecule is COC1OC2(COCCC3OC(OC)(COC2)C(O)C3O)C(O)C1O. The topological polar surface area (TPSA) is 136 Å². The maximum atomic E-state index is 10.4. The molecule has 0 aromatic carbocycles. The fourth-order valence-electron chi connectivity index (χ4n) is 3.55. The molecule has 0 radical (unpaired) electrons. The molecule has 3 aliphatic heterocycles. The molecule has 0 aliphatic carbocycles. The summed E-state index contributed by atoms with van der Waals surface area (Å²) in [5.74, 6) is -1.53. The lowest BCUT2D eigenvalue weighted by molar-refractivity contribution is -0.276. The number of ether oxygens (including phenoxy) is 6. The van der Waals surface area contributed by atoms with E-state index in [0.717, 1.165) is 0 Å². The first-order valence-corrected chi connectivity index (χ1v) is 8.20. The van der Waals surface area contributed by atoms with Crippen molar-refractivity contribution in [2.45, 2.75) is 54.6 Å². The lowest BCUT2D eigenvalue weighted by atomic mass is 9.96. The Morgan fingerprint density at radius 1 is 0.880 bits per heavy atom. The summed E-state index contributed by atoms with van der Waals surface area (Å²) in [7, 11) is 2.70. The average molecular weight is 366 g/mol. The lowest BCUT2D eigenvalue weighted by Crippen LogP contribution is -2.53. The van der Waals surface area contributed by atoms with Gasteiger partial charge in [-0.25, -0.2) is 0 Å². The van der Waals surface area contributed by atoms with Gasteiger partial charge in [0, 0.05) is 20.8 Å². The van der Waals surface area contributed by atoms with E-state index >= 15 is 0 Å². The second-order valence-electron chi connectivity index (χ2n) is 6.66. The van der Waals surface area contributed by atoms with E-state index in [0.29, 0.717) is 6.42 Å². The van der Waals surface area contributed by atoms with Crippen LogP contribution in [-0.4, -0.2) is 109 Å². The van der Waals surface area contributed by atoms with Crippen LogP contribution in [0.3, 0.4) is 0 Å². The third-order valence-electron chi connectivity index (χ3n) is 5.12. The Labute approximate surface area is 145 Å². The van der Waals surface area contributed by atoms with Gasteiger partial charge in [-0.05, 0) is 6.42 Å². The van der Waals surface area contributed by atoms with E-state index in [1.54, 1.807) is 0 Å². The predicted molar refractivity (Wildman–Crippen MR) is 79.5 cm³/mol. The van der Waals surface area contributed by atoms with Crippen LogP contribution in [0.15, 0.2) is 0 Å². The number of aliphatic hydroxyl groups excluding tert-OH is 4. The predicted octanol–water partition coefficient (Wildman–Crippen LogP) is -2.65. The van der Waals surface area contributed by atoms with Crippen LogP contribution in [0.25, 0.3) is 0 Å². The van der Waals surface area contributed by atoms with Crippen LogP contribution in [0, 0.1) is 0 Å². The summed E-state index contributed by atoms with van der Waals surface area (Å²) in [6, 6.07) is 0. The fourth-order valence-corrected chi connectivity index (χ4v) is 3.55. The standard InChI is InChI=1S/C15H26O10/c1-20-13-10(17)11(18)14(25-13)5-22-4-3-8-9(16)12(19)15(21-2,24-8)7-23-6-14/h8-13,16-19H,3-7H2,1-2H3. The van der Waals surface area contributed by atoms with Gasteiger partial charge in [0.05, 0.1) is 19.3 Å². The summed E-state index contributed by atoms with van der Waals surface area (Å²) in [5.41, 5.74) is -1.33. The largest absolute Gasteiger partial charge is 0.387 e. The maximum Gasteiger partial charge on any atom is 0.221 e. The number of hydrogen-bond acceptors (Lipinski definition) is 10. The van der Waals surface area contributed by atoms with Gasteiger partial charge in [-0.1, -0.05) is 0 Å². The molecule has 3 saturated heterocycles. The van der Waals surface area contributed by atoms with Crippen molar-refractivity contribution < 1.29 is 48.8 Å². The van der Waals surface area contributed by atoms with Gasteiger partial charge < -0.3 is 48.8 Å². The molecule has 3 rings (SSSR count). The molecule has 1 spiro atoms. The summed E-state index contributed by atoms with van der Waals surface area (Å²) >= 11 is 0. The highest BCUT2D eigenvalue weighted by Gasteiger charge is 2.58. The number of rotatable bonds is 2. The molecule has 2 bridgehead atoms. The Morgan fingerprint density at radius 2 is 1.60 bits per heavy atom. The van der Waals surface area contributed by atoms with Crippen LogP contribution in [0.5, 0.6) is 0 Å². The van der Waals surface area contributed by atoms with Gasteiger partial charge in [0.25, 0.3) is 0 Å². The summed E-state index contributed by atoms with van der Waals surface area (Å²) in [4.78, 5) is 0. The minimum absolute atomic E-state index is 0.0452. The van der Waals surface area contributed by atoms with Gasteiger partial charge in [0.15, 0.2) is 6.29 Å². The van der Waals surface area contributed by atoms with Gasteiger partial charge in [-0.2, -0.15) is 0 Å². The normalized spacial score (nSPS) is 51.6. The Balaban J connectivity index is 1.79. The molecular formula is C15H26O10. The number of methoxy groups -OCH3 is 2. The summed E-state index contributed by atoms with van der Waals surface area (Å²) in [6.07, 6.45) is -6.36. The molecule has 0 amide bonds. The van der Waals surface area contributed by atoms with Crippen molar-refractivity contribution in [1.29, 1.82) is 0 Å². The van der Waals surface area contributed by atoms with E-state index in [2.05, 4.69) is 0 Å². The molecule has 8 unspecified atom stereocenters. The lowest BCUT2D eigenvalue weighted by Gasteiger charge is -2.34.